The molecule has 0 spiro atoms. The van der Waals surface area contributed by atoms with E-state index in [1.807, 2.05) is 26.1 Å². The first-order chi connectivity index (χ1) is 11.6. The Hall–Kier alpha value is -2.10. The number of hydrogen-bond acceptors (Lipinski definition) is 2. The Balaban J connectivity index is 1.69. The molecule has 1 aromatic carbocycles. The topological polar surface area (TPSA) is 46.9 Å². The fraction of sp³-hybridized carbons (Fsp3) is 0.500. The molecule has 1 aliphatic rings. The lowest BCUT2D eigenvalue weighted by molar-refractivity contribution is 0.102. The van der Waals surface area contributed by atoms with Crippen molar-refractivity contribution in [2.45, 2.75) is 51.9 Å². The van der Waals surface area contributed by atoms with E-state index < -0.39 is 0 Å². The number of carbonyl (C=O) groups excluding carboxylic acids is 1. The second-order valence-corrected chi connectivity index (χ2v) is 6.94. The Morgan fingerprint density at radius 1 is 1.33 bits per heavy atom. The molecule has 1 fully saturated rings. The molecule has 2 atom stereocenters. The summed E-state index contributed by atoms with van der Waals surface area (Å²) >= 11 is 0. The maximum atomic E-state index is 12.6. The van der Waals surface area contributed by atoms with E-state index in [0.717, 1.165) is 17.3 Å². The molecule has 4 nitrogen and oxygen atoms in total. The quantitative estimate of drug-likeness (QED) is 0.752. The molecule has 2 aromatic rings. The average Bonchev–Trinajstić information content (AvgIpc) is 3.24. The Morgan fingerprint density at radius 3 is 2.83 bits per heavy atom. The number of nitrogens with one attached hydrogen (secondary N) is 1. The molecule has 1 saturated carbocycles. The first-order valence-electron chi connectivity index (χ1n) is 9.00. The number of para-hydroxylation sites is 1. The van der Waals surface area contributed by atoms with Crippen LogP contribution in [-0.2, 0) is 7.05 Å². The van der Waals surface area contributed by atoms with Crippen molar-refractivity contribution in [3.05, 3.63) is 47.3 Å². The molecule has 2 unspecified atom stereocenters. The van der Waals surface area contributed by atoms with Crippen molar-refractivity contribution in [1.82, 2.24) is 9.78 Å². The van der Waals surface area contributed by atoms with Gasteiger partial charge in [-0.05, 0) is 43.2 Å². The van der Waals surface area contributed by atoms with Gasteiger partial charge in [0.25, 0.3) is 5.91 Å². The minimum absolute atomic E-state index is 0.0729. The standard InChI is InChI=1S/C20H27N3O/c1-4-5-6-9-15-12-17(15)16-10-7-8-11-19(16)21-20(24)18-13-23(3)22-14(18)2/h7-8,10-11,13,15,17H,4-6,9,12H2,1-3H3,(H,21,24). The number of anilines is 1. The minimum atomic E-state index is -0.0729. The Labute approximate surface area is 144 Å². The Bertz CT molecular complexity index is 719. The van der Waals surface area contributed by atoms with E-state index in [1.54, 1.807) is 10.9 Å². The second kappa shape index (κ2) is 7.20. The van der Waals surface area contributed by atoms with Crippen LogP contribution < -0.4 is 5.32 Å². The molecule has 4 heteroatoms. The molecule has 0 radical (unpaired) electrons. The average molecular weight is 325 g/mol. The van der Waals surface area contributed by atoms with Gasteiger partial charge in [0, 0.05) is 18.9 Å². The molecular formula is C20H27N3O. The summed E-state index contributed by atoms with van der Waals surface area (Å²) in [6.07, 6.45) is 8.25. The van der Waals surface area contributed by atoms with Crippen LogP contribution in [0.5, 0.6) is 0 Å². The molecule has 1 aliphatic carbocycles. The van der Waals surface area contributed by atoms with Crippen LogP contribution in [0.2, 0.25) is 0 Å². The molecule has 1 N–H and O–H groups in total. The number of amides is 1. The summed E-state index contributed by atoms with van der Waals surface area (Å²) in [5, 5.41) is 7.35. The molecule has 1 amide bonds. The molecule has 0 saturated heterocycles. The van der Waals surface area contributed by atoms with E-state index in [1.165, 1.54) is 37.7 Å². The van der Waals surface area contributed by atoms with Crippen LogP contribution in [0.25, 0.3) is 0 Å². The Morgan fingerprint density at radius 2 is 2.12 bits per heavy atom. The van der Waals surface area contributed by atoms with Gasteiger partial charge in [-0.1, -0.05) is 44.4 Å². The molecule has 1 heterocycles. The van der Waals surface area contributed by atoms with Gasteiger partial charge in [0.1, 0.15) is 0 Å². The highest BCUT2D eigenvalue weighted by Gasteiger charge is 2.38. The molecule has 0 aliphatic heterocycles. The van der Waals surface area contributed by atoms with Gasteiger partial charge >= 0.3 is 0 Å². The maximum absolute atomic E-state index is 12.6. The summed E-state index contributed by atoms with van der Waals surface area (Å²) in [6, 6.07) is 8.24. The van der Waals surface area contributed by atoms with Gasteiger partial charge in [-0.15, -0.1) is 0 Å². The third kappa shape index (κ3) is 3.69. The fourth-order valence-electron chi connectivity index (χ4n) is 3.55. The van der Waals surface area contributed by atoms with Gasteiger partial charge < -0.3 is 5.32 Å². The van der Waals surface area contributed by atoms with Gasteiger partial charge in [0.05, 0.1) is 11.3 Å². The van der Waals surface area contributed by atoms with E-state index >= 15 is 0 Å². The molecule has 0 bridgehead atoms. The predicted octanol–water partition coefficient (Wildman–Crippen LogP) is 4.66. The van der Waals surface area contributed by atoms with Crippen molar-refractivity contribution in [3.8, 4) is 0 Å². The van der Waals surface area contributed by atoms with Crippen molar-refractivity contribution < 1.29 is 4.79 Å². The molecule has 3 rings (SSSR count). The number of aryl methyl sites for hydroxylation is 2. The number of nitrogens with zero attached hydrogens (tertiary/aromatic N) is 2. The molecule has 128 valence electrons. The summed E-state index contributed by atoms with van der Waals surface area (Å²) in [4.78, 5) is 12.6. The highest BCUT2D eigenvalue weighted by Crippen LogP contribution is 2.52. The first-order valence-corrected chi connectivity index (χ1v) is 9.00. The molecular weight excluding hydrogens is 298 g/mol. The van der Waals surface area contributed by atoms with E-state index in [-0.39, 0.29) is 5.91 Å². The summed E-state index contributed by atoms with van der Waals surface area (Å²) in [7, 11) is 1.84. The van der Waals surface area contributed by atoms with E-state index in [9.17, 15) is 4.79 Å². The van der Waals surface area contributed by atoms with Gasteiger partial charge in [-0.2, -0.15) is 5.10 Å². The van der Waals surface area contributed by atoms with Crippen LogP contribution >= 0.6 is 0 Å². The molecule has 24 heavy (non-hydrogen) atoms. The Kier molecular flexibility index (Phi) is 5.03. The fourth-order valence-corrected chi connectivity index (χ4v) is 3.55. The second-order valence-electron chi connectivity index (χ2n) is 6.94. The number of aromatic nitrogens is 2. The van der Waals surface area contributed by atoms with E-state index in [0.29, 0.717) is 11.5 Å². The molecule has 1 aromatic heterocycles. The highest BCUT2D eigenvalue weighted by molar-refractivity contribution is 6.05. The lowest BCUT2D eigenvalue weighted by atomic mass is 10.0. The SMILES string of the molecule is CCCCCC1CC1c1ccccc1NC(=O)c1cn(C)nc1C. The lowest BCUT2D eigenvalue weighted by Gasteiger charge is -2.11. The van der Waals surface area contributed by atoms with Gasteiger partial charge in [0.2, 0.25) is 0 Å². The van der Waals surface area contributed by atoms with Crippen LogP contribution in [0.3, 0.4) is 0 Å². The zero-order valence-corrected chi connectivity index (χ0v) is 14.9. The van der Waals surface area contributed by atoms with E-state index in [2.05, 4.69) is 29.5 Å². The van der Waals surface area contributed by atoms with Crippen LogP contribution in [0.15, 0.2) is 30.5 Å². The third-order valence-corrected chi connectivity index (χ3v) is 4.97. The monoisotopic (exact) mass is 325 g/mol. The van der Waals surface area contributed by atoms with Crippen LogP contribution in [0.4, 0.5) is 5.69 Å². The number of hydrogen-bond donors (Lipinski definition) is 1. The largest absolute Gasteiger partial charge is 0.322 e. The number of rotatable bonds is 7. The zero-order valence-electron chi connectivity index (χ0n) is 14.9. The van der Waals surface area contributed by atoms with Crippen molar-refractivity contribution >= 4 is 11.6 Å². The number of carbonyl (C=O) groups is 1. The van der Waals surface area contributed by atoms with Crippen molar-refractivity contribution in [2.75, 3.05) is 5.32 Å². The van der Waals surface area contributed by atoms with Gasteiger partial charge in [0.15, 0.2) is 0 Å². The van der Waals surface area contributed by atoms with Crippen molar-refractivity contribution in [3.63, 3.8) is 0 Å². The number of benzene rings is 1. The predicted molar refractivity (Wildman–Crippen MR) is 97.3 cm³/mol. The summed E-state index contributed by atoms with van der Waals surface area (Å²) < 4.78 is 1.68. The number of unbranched alkanes of at least 4 members (excludes halogenated alkanes) is 2. The lowest BCUT2D eigenvalue weighted by Crippen LogP contribution is -2.13. The summed E-state index contributed by atoms with van der Waals surface area (Å²) in [6.45, 7) is 4.11. The van der Waals surface area contributed by atoms with Crippen molar-refractivity contribution in [2.24, 2.45) is 13.0 Å². The highest BCUT2D eigenvalue weighted by atomic mass is 16.1. The normalized spacial score (nSPS) is 19.3. The van der Waals surface area contributed by atoms with Crippen LogP contribution in [0.1, 0.15) is 66.6 Å². The smallest absolute Gasteiger partial charge is 0.259 e. The van der Waals surface area contributed by atoms with Crippen LogP contribution in [-0.4, -0.2) is 15.7 Å². The van der Waals surface area contributed by atoms with Gasteiger partial charge in [-0.3, -0.25) is 9.48 Å². The zero-order chi connectivity index (χ0) is 17.1. The van der Waals surface area contributed by atoms with Crippen molar-refractivity contribution in [1.29, 1.82) is 0 Å². The van der Waals surface area contributed by atoms with Gasteiger partial charge in [-0.25, -0.2) is 0 Å². The first kappa shape index (κ1) is 16.7. The summed E-state index contributed by atoms with van der Waals surface area (Å²) in [5.74, 6) is 1.32. The summed E-state index contributed by atoms with van der Waals surface area (Å²) in [5.41, 5.74) is 3.64. The third-order valence-electron chi connectivity index (χ3n) is 4.97. The van der Waals surface area contributed by atoms with E-state index in [4.69, 9.17) is 0 Å². The maximum Gasteiger partial charge on any atom is 0.259 e. The van der Waals surface area contributed by atoms with Crippen LogP contribution in [0, 0.1) is 12.8 Å². The minimum Gasteiger partial charge on any atom is -0.322 e.